The van der Waals surface area contributed by atoms with Gasteiger partial charge in [-0.25, -0.2) is 13.4 Å². The van der Waals surface area contributed by atoms with E-state index in [1.165, 1.54) is 59.9 Å². The maximum atomic E-state index is 13.0. The molecule has 0 saturated heterocycles. The molecule has 3 aromatic heterocycles. The number of methoxy groups -OCH3 is 2. The summed E-state index contributed by atoms with van der Waals surface area (Å²) in [5, 5.41) is 1.19. The Kier molecular flexibility index (Phi) is 36.0. The van der Waals surface area contributed by atoms with E-state index in [9.17, 15) is 13.2 Å². The normalized spacial score (nSPS) is 11.0. The van der Waals surface area contributed by atoms with E-state index in [1.807, 2.05) is 121 Å². The molecule has 0 bridgehead atoms. The zero-order chi connectivity index (χ0) is 66.3. The van der Waals surface area contributed by atoms with Crippen LogP contribution in [0.15, 0.2) is 230 Å². The summed E-state index contributed by atoms with van der Waals surface area (Å²) < 4.78 is 46.8. The van der Waals surface area contributed by atoms with Gasteiger partial charge in [0.2, 0.25) is 9.84 Å². The quantitative estimate of drug-likeness (QED) is 0.0463. The SMILES string of the molecule is CCCCC(CC)COC(=O)CCSc1cc(OC)cc(-c2ccccc2)c1.CCc1cc(-c2ccccc2)cc(S(=O)(=O)c2ccc(CN)s2)c1.CCc1cc(Sc2ccc(CC)s2)cc(-c2ccccc2)c1.CCc1ncc(Br)s1.COc1cc(Br)cc(Br)c1.Cl. The molecule has 10 aromatic rings. The number of hydrogen-bond donors (Lipinski definition) is 1. The van der Waals surface area contributed by atoms with E-state index >= 15 is 0 Å². The van der Waals surface area contributed by atoms with Gasteiger partial charge in [0.05, 0.1) is 51.3 Å². The van der Waals surface area contributed by atoms with E-state index in [-0.39, 0.29) is 18.4 Å². The molecular weight excluding hydrogens is 1490 g/mol. The molecule has 3 heterocycles. The number of aryl methyl sites for hydroxylation is 4. The van der Waals surface area contributed by atoms with Crippen molar-refractivity contribution in [3.05, 3.63) is 233 Å². The van der Waals surface area contributed by atoms with Crippen molar-refractivity contribution in [1.29, 1.82) is 0 Å². The van der Waals surface area contributed by atoms with Crippen LogP contribution in [-0.4, -0.2) is 46.0 Å². The van der Waals surface area contributed by atoms with Crippen LogP contribution in [0.5, 0.6) is 11.5 Å². The van der Waals surface area contributed by atoms with Crippen LogP contribution in [0.3, 0.4) is 0 Å². The van der Waals surface area contributed by atoms with Crippen LogP contribution in [0, 0.1) is 5.92 Å². The van der Waals surface area contributed by atoms with E-state index in [0.717, 1.165) is 100 Å². The Hall–Kier alpha value is -5.02. The van der Waals surface area contributed by atoms with Crippen molar-refractivity contribution in [3.63, 3.8) is 0 Å². The zero-order valence-corrected chi connectivity index (χ0v) is 64.5. The second-order valence-corrected chi connectivity index (χ2v) is 32.3. The first-order valence-corrected chi connectivity index (χ1v) is 39.0. The first kappa shape index (κ1) is 78.7. The molecule has 0 spiro atoms. The first-order valence-electron chi connectivity index (χ1n) is 30.9. The highest BCUT2D eigenvalue weighted by molar-refractivity contribution is 9.11. The topological polar surface area (TPSA) is 118 Å². The van der Waals surface area contributed by atoms with Gasteiger partial charge in [-0.1, -0.05) is 208 Å². The van der Waals surface area contributed by atoms with Crippen molar-refractivity contribution >= 4 is 134 Å². The molecule has 0 saturated carbocycles. The summed E-state index contributed by atoms with van der Waals surface area (Å²) in [5.41, 5.74) is 14.8. The fourth-order valence-electron chi connectivity index (χ4n) is 9.09. The number of carbonyl (C=O) groups excluding carboxylic acids is 1. The summed E-state index contributed by atoms with van der Waals surface area (Å²) in [6, 6.07) is 63.1. The number of aromatic nitrogens is 1. The number of nitrogens with two attached hydrogens (primary N) is 1. The molecule has 0 aliphatic rings. The number of rotatable bonds is 24. The molecule has 0 amide bonds. The molecule has 10 rings (SSSR count). The van der Waals surface area contributed by atoms with Crippen LogP contribution in [0.25, 0.3) is 33.4 Å². The molecule has 1 unspecified atom stereocenters. The third-order valence-electron chi connectivity index (χ3n) is 14.3. The fraction of sp³-hybridized carbons (Fsp3) is 0.280. The Balaban J connectivity index is 0.000000222. The van der Waals surface area contributed by atoms with Crippen LogP contribution in [0.2, 0.25) is 0 Å². The Morgan fingerprint density at radius 3 is 1.63 bits per heavy atom. The molecule has 93 heavy (non-hydrogen) atoms. The molecule has 18 heteroatoms. The van der Waals surface area contributed by atoms with E-state index in [2.05, 4.69) is 166 Å². The van der Waals surface area contributed by atoms with E-state index in [1.54, 1.807) is 61.6 Å². The van der Waals surface area contributed by atoms with Gasteiger partial charge in [0, 0.05) is 40.8 Å². The van der Waals surface area contributed by atoms with Gasteiger partial charge in [0.15, 0.2) is 0 Å². The number of thioether (sulfide) groups is 1. The summed E-state index contributed by atoms with van der Waals surface area (Å²) >= 11 is 18.4. The molecule has 7 aromatic carbocycles. The molecule has 1 atom stereocenters. The highest BCUT2D eigenvalue weighted by atomic mass is 79.9. The molecule has 0 aliphatic heterocycles. The lowest BCUT2D eigenvalue weighted by atomic mass is 10.0. The monoisotopic (exact) mass is 1570 g/mol. The lowest BCUT2D eigenvalue weighted by molar-refractivity contribution is -0.144. The summed E-state index contributed by atoms with van der Waals surface area (Å²) in [4.78, 5) is 21.3. The summed E-state index contributed by atoms with van der Waals surface area (Å²) in [6.07, 6.45) is 10.9. The van der Waals surface area contributed by atoms with Crippen LogP contribution in [0.1, 0.15) is 99.5 Å². The average molecular weight is 1580 g/mol. The van der Waals surface area contributed by atoms with Gasteiger partial charge in [0.25, 0.3) is 0 Å². The van der Waals surface area contributed by atoms with Crippen LogP contribution < -0.4 is 15.2 Å². The van der Waals surface area contributed by atoms with Crippen molar-refractivity contribution in [1.82, 2.24) is 4.98 Å². The average Bonchev–Trinajstić information content (AvgIpc) is 1.95. The highest BCUT2D eigenvalue weighted by Gasteiger charge is 2.22. The number of benzene rings is 7. The largest absolute Gasteiger partial charge is 0.497 e. The molecule has 494 valence electrons. The number of thiazole rings is 1. The van der Waals surface area contributed by atoms with Gasteiger partial charge in [-0.3, -0.25) is 4.79 Å². The number of nitrogens with zero attached hydrogens (tertiary/aromatic N) is 1. The smallest absolute Gasteiger partial charge is 0.306 e. The number of unbranched alkanes of at least 4 members (excludes halogenated alkanes) is 1. The number of ether oxygens (including phenoxy) is 3. The summed E-state index contributed by atoms with van der Waals surface area (Å²) in [7, 11) is -0.202. The first-order chi connectivity index (χ1) is 44.5. The van der Waals surface area contributed by atoms with Crippen molar-refractivity contribution in [2.24, 2.45) is 11.7 Å². The molecule has 0 aliphatic carbocycles. The number of esters is 1. The Morgan fingerprint density at radius 1 is 0.581 bits per heavy atom. The minimum Gasteiger partial charge on any atom is -0.497 e. The predicted molar refractivity (Wildman–Crippen MR) is 411 cm³/mol. The maximum Gasteiger partial charge on any atom is 0.306 e. The van der Waals surface area contributed by atoms with Crippen molar-refractivity contribution < 1.29 is 27.4 Å². The van der Waals surface area contributed by atoms with Gasteiger partial charge < -0.3 is 19.9 Å². The molecule has 0 fully saturated rings. The number of carbonyl (C=O) groups is 1. The predicted octanol–water partition coefficient (Wildman–Crippen LogP) is 23.7. The second-order valence-electron chi connectivity index (χ2n) is 21.0. The summed E-state index contributed by atoms with van der Waals surface area (Å²) in [6.45, 7) is 13.8. The van der Waals surface area contributed by atoms with Crippen molar-refractivity contribution in [2.75, 3.05) is 26.6 Å². The van der Waals surface area contributed by atoms with Gasteiger partial charge >= 0.3 is 5.97 Å². The fourth-order valence-corrected chi connectivity index (χ4v) is 17.4. The van der Waals surface area contributed by atoms with Crippen LogP contribution in [-0.2, 0) is 51.6 Å². The van der Waals surface area contributed by atoms with E-state index in [0.29, 0.717) is 40.3 Å². The Bertz CT molecular complexity index is 3900. The Labute approximate surface area is 605 Å². The molecule has 2 N–H and O–H groups in total. The zero-order valence-electron chi connectivity index (χ0n) is 54.0. The lowest BCUT2D eigenvalue weighted by Crippen LogP contribution is -2.14. The maximum absolute atomic E-state index is 13.0. The van der Waals surface area contributed by atoms with Crippen LogP contribution in [0.4, 0.5) is 0 Å². The van der Waals surface area contributed by atoms with Crippen molar-refractivity contribution in [2.45, 2.75) is 129 Å². The van der Waals surface area contributed by atoms with Crippen LogP contribution >= 0.6 is 118 Å². The molecular formula is C75H84Br3ClN2O6S6. The number of sulfone groups is 1. The Morgan fingerprint density at radius 2 is 1.14 bits per heavy atom. The highest BCUT2D eigenvalue weighted by Crippen LogP contribution is 2.38. The van der Waals surface area contributed by atoms with E-state index < -0.39 is 9.84 Å². The van der Waals surface area contributed by atoms with Gasteiger partial charge in [-0.2, -0.15) is 0 Å². The molecule has 0 radical (unpaired) electrons. The van der Waals surface area contributed by atoms with Gasteiger partial charge in [-0.05, 0) is 183 Å². The van der Waals surface area contributed by atoms with Gasteiger partial charge in [0.1, 0.15) is 15.7 Å². The number of hydrogen-bond acceptors (Lipinski definition) is 13. The second kappa shape index (κ2) is 42.5. The third kappa shape index (κ3) is 26.8. The minimum absolute atomic E-state index is 0. The minimum atomic E-state index is -3.53. The van der Waals surface area contributed by atoms with Gasteiger partial charge in [-0.15, -0.1) is 58.2 Å². The number of thiophene rings is 2. The third-order valence-corrected chi connectivity index (χ3v) is 23.5. The standard InChI is InChI=1S/C24H32O3S.C20H20S2.C19H19NO2S2.C7H6Br2O.C5H6BrNS.ClH/c1-4-6-10-19(5-2)18-27-24(25)13-14-28-23-16-21(15-22(17-23)26-3)20-11-8-7-9-12-20;1-3-15-12-17(16-8-6-5-7-9-16)14-19(13-15)22-20-11-10-18(4-2)21-20;1-2-14-10-16(15-6-4-3-5-7-15)12-18(11-14)24(21,22)19-9-8-17(13-20)23-19;1-10-7-3-5(8)2-6(9)4-7;1-2-5-7-3-4(6)8-5;/h7-9,11-12,15-17,19H,4-6,10,13-14,18H2,1-3H3;5-14H,3-4H2,1-2H3;3-12H,2,13,20H2,1H3;2-4H,1H3;3H,2H2,1H3;1H. The van der Waals surface area contributed by atoms with Crippen molar-refractivity contribution in [3.8, 4) is 44.9 Å². The molecule has 8 nitrogen and oxygen atoms in total. The number of halogens is 4. The lowest BCUT2D eigenvalue weighted by Gasteiger charge is -2.14. The van der Waals surface area contributed by atoms with E-state index in [4.69, 9.17) is 19.9 Å². The summed E-state index contributed by atoms with van der Waals surface area (Å²) in [5.74, 6) is 2.76.